The topological polar surface area (TPSA) is 57.2 Å². The minimum absolute atomic E-state index is 0.00480. The Labute approximate surface area is 229 Å². The Morgan fingerprint density at radius 1 is 0.946 bits per heavy atom. The zero-order chi connectivity index (χ0) is 28.5. The Bertz CT molecular complexity index is 832. The highest BCUT2D eigenvalue weighted by Gasteiger charge is 2.41. The molecule has 3 atom stereocenters. The minimum Gasteiger partial charge on any atom is -0.497 e. The molecule has 1 N–H and O–H groups in total. The maximum Gasteiger partial charge on any atom is 0.192 e. The molecule has 0 radical (unpaired) electrons. The summed E-state index contributed by atoms with van der Waals surface area (Å²) in [5, 5.41) is 10.4. The second kappa shape index (κ2) is 14.3. The van der Waals surface area contributed by atoms with Gasteiger partial charge in [-0.05, 0) is 66.8 Å². The van der Waals surface area contributed by atoms with Crippen LogP contribution in [0.3, 0.4) is 0 Å². The molecule has 0 saturated heterocycles. The van der Waals surface area contributed by atoms with Crippen LogP contribution in [0.1, 0.15) is 66.4 Å². The number of aliphatic hydroxyl groups excluding tert-OH is 1. The summed E-state index contributed by atoms with van der Waals surface area (Å²) >= 11 is 0. The number of methoxy groups -OCH3 is 1. The van der Waals surface area contributed by atoms with Gasteiger partial charge in [-0.15, -0.1) is 12.3 Å². The van der Waals surface area contributed by atoms with Crippen molar-refractivity contribution in [2.45, 2.75) is 116 Å². The van der Waals surface area contributed by atoms with Crippen molar-refractivity contribution < 1.29 is 23.4 Å². The van der Waals surface area contributed by atoms with Crippen molar-refractivity contribution >= 4 is 16.6 Å². The third-order valence-corrected chi connectivity index (χ3v) is 17.3. The first-order valence-electron chi connectivity index (χ1n) is 13.6. The van der Waals surface area contributed by atoms with Gasteiger partial charge in [0.05, 0.1) is 25.9 Å². The highest BCUT2D eigenvalue weighted by atomic mass is 28.4. The van der Waals surface area contributed by atoms with Crippen LogP contribution in [0.15, 0.2) is 24.3 Å². The number of hydrogen-bond acceptors (Lipinski definition) is 5. The average molecular weight is 551 g/mol. The molecule has 0 saturated carbocycles. The first kappa shape index (κ1) is 33.9. The van der Waals surface area contributed by atoms with Gasteiger partial charge in [-0.3, -0.25) is 0 Å². The Morgan fingerprint density at radius 2 is 1.51 bits per heavy atom. The highest BCUT2D eigenvalue weighted by Crippen LogP contribution is 2.40. The molecule has 0 aliphatic rings. The van der Waals surface area contributed by atoms with Gasteiger partial charge in [0.1, 0.15) is 5.75 Å². The maximum absolute atomic E-state index is 10.2. The monoisotopic (exact) mass is 550 g/mol. The van der Waals surface area contributed by atoms with E-state index in [0.29, 0.717) is 26.1 Å². The predicted molar refractivity (Wildman–Crippen MR) is 160 cm³/mol. The van der Waals surface area contributed by atoms with Crippen LogP contribution in [0, 0.1) is 18.3 Å². The molecule has 7 heteroatoms. The van der Waals surface area contributed by atoms with E-state index in [4.69, 9.17) is 24.7 Å². The standard InChI is InChI=1S/C30H54O5Si2/c1-13-14-25(22-31)28(35-37(11,12)30(5,6)7)21-27(19-20-34-36(9,10)29(2,3)4)33-23-24-15-17-26(32-8)18-16-24/h1,15-18,25,27-28,31H,14,19-23H2,2-12H3/t25-,27+,28-/m0/s1. The second-order valence-electron chi connectivity index (χ2n) is 13.2. The van der Waals surface area contributed by atoms with E-state index in [-0.39, 0.29) is 34.8 Å². The molecule has 1 rings (SSSR count). The largest absolute Gasteiger partial charge is 0.497 e. The summed E-state index contributed by atoms with van der Waals surface area (Å²) in [6, 6.07) is 7.96. The number of aliphatic hydroxyl groups is 1. The summed E-state index contributed by atoms with van der Waals surface area (Å²) in [5.41, 5.74) is 1.08. The quantitative estimate of drug-likeness (QED) is 0.182. The lowest BCUT2D eigenvalue weighted by Crippen LogP contribution is -2.47. The Morgan fingerprint density at radius 3 is 1.97 bits per heavy atom. The molecule has 0 spiro atoms. The second-order valence-corrected chi connectivity index (χ2v) is 22.7. The van der Waals surface area contributed by atoms with E-state index in [0.717, 1.165) is 17.7 Å². The molecule has 0 aromatic heterocycles. The van der Waals surface area contributed by atoms with Gasteiger partial charge in [0, 0.05) is 25.6 Å². The number of rotatable bonds is 15. The van der Waals surface area contributed by atoms with Gasteiger partial charge < -0.3 is 23.4 Å². The molecule has 1 aromatic rings. The molecule has 1 aromatic carbocycles. The summed E-state index contributed by atoms with van der Waals surface area (Å²) < 4.78 is 25.2. The molecule has 0 bridgehead atoms. The number of ether oxygens (including phenoxy) is 2. The van der Waals surface area contributed by atoms with Gasteiger partial charge in [-0.1, -0.05) is 53.7 Å². The van der Waals surface area contributed by atoms with Crippen LogP contribution in [0.25, 0.3) is 0 Å². The number of hydrogen-bond donors (Lipinski definition) is 1. The van der Waals surface area contributed by atoms with Crippen LogP contribution < -0.4 is 4.74 Å². The molecule has 0 amide bonds. The molecule has 0 aliphatic carbocycles. The molecule has 0 heterocycles. The minimum atomic E-state index is -2.10. The van der Waals surface area contributed by atoms with Gasteiger partial charge in [0.2, 0.25) is 0 Å². The Kier molecular flexibility index (Phi) is 13.1. The van der Waals surface area contributed by atoms with E-state index in [2.05, 4.69) is 73.7 Å². The van der Waals surface area contributed by atoms with Crippen molar-refractivity contribution in [2.75, 3.05) is 20.3 Å². The normalized spacial score (nSPS) is 15.6. The fourth-order valence-corrected chi connectivity index (χ4v) is 5.94. The Balaban J connectivity index is 3.14. The lowest BCUT2D eigenvalue weighted by Gasteiger charge is -2.42. The van der Waals surface area contributed by atoms with Gasteiger partial charge >= 0.3 is 0 Å². The summed E-state index contributed by atoms with van der Waals surface area (Å²) in [5.74, 6) is 3.44. The predicted octanol–water partition coefficient (Wildman–Crippen LogP) is 7.40. The fourth-order valence-electron chi connectivity index (χ4n) is 3.48. The van der Waals surface area contributed by atoms with E-state index in [1.54, 1.807) is 7.11 Å². The van der Waals surface area contributed by atoms with Crippen LogP contribution in [0.4, 0.5) is 0 Å². The summed E-state index contributed by atoms with van der Waals surface area (Å²) in [7, 11) is -2.31. The van der Waals surface area contributed by atoms with Crippen LogP contribution in [0.2, 0.25) is 36.3 Å². The lowest BCUT2D eigenvalue weighted by atomic mass is 9.94. The van der Waals surface area contributed by atoms with Crippen LogP contribution in [-0.4, -0.2) is 54.3 Å². The molecular formula is C30H54O5Si2. The van der Waals surface area contributed by atoms with Crippen molar-refractivity contribution in [2.24, 2.45) is 5.92 Å². The van der Waals surface area contributed by atoms with E-state index in [1.165, 1.54) is 0 Å². The molecular weight excluding hydrogens is 496 g/mol. The molecule has 0 unspecified atom stereocenters. The van der Waals surface area contributed by atoms with Gasteiger partial charge in [0.15, 0.2) is 16.6 Å². The van der Waals surface area contributed by atoms with Gasteiger partial charge in [0.25, 0.3) is 0 Å². The number of benzene rings is 1. The smallest absolute Gasteiger partial charge is 0.192 e. The molecule has 0 aliphatic heterocycles. The highest BCUT2D eigenvalue weighted by molar-refractivity contribution is 6.74. The molecule has 212 valence electrons. The zero-order valence-electron chi connectivity index (χ0n) is 25.4. The average Bonchev–Trinajstić information content (AvgIpc) is 2.79. The van der Waals surface area contributed by atoms with Crippen LogP contribution in [-0.2, 0) is 20.2 Å². The van der Waals surface area contributed by atoms with Crippen molar-refractivity contribution in [3.8, 4) is 18.1 Å². The van der Waals surface area contributed by atoms with E-state index in [9.17, 15) is 5.11 Å². The maximum atomic E-state index is 10.2. The lowest BCUT2D eigenvalue weighted by molar-refractivity contribution is -0.0234. The number of terminal acetylenes is 1. The van der Waals surface area contributed by atoms with Crippen molar-refractivity contribution in [3.05, 3.63) is 29.8 Å². The first-order chi connectivity index (χ1) is 17.0. The van der Waals surface area contributed by atoms with E-state index in [1.807, 2.05) is 24.3 Å². The molecule has 37 heavy (non-hydrogen) atoms. The molecule has 5 nitrogen and oxygen atoms in total. The van der Waals surface area contributed by atoms with Crippen LogP contribution >= 0.6 is 0 Å². The summed E-state index contributed by atoms with van der Waals surface area (Å²) in [6.07, 6.45) is 7.31. The van der Waals surface area contributed by atoms with Crippen molar-refractivity contribution in [3.63, 3.8) is 0 Å². The van der Waals surface area contributed by atoms with Crippen molar-refractivity contribution in [1.82, 2.24) is 0 Å². The van der Waals surface area contributed by atoms with Crippen molar-refractivity contribution in [1.29, 1.82) is 0 Å². The van der Waals surface area contributed by atoms with Gasteiger partial charge in [-0.25, -0.2) is 0 Å². The SMILES string of the molecule is C#CC[C@@H](CO)[C@H](C[C@@H](CCO[Si](C)(C)C(C)(C)C)OCc1ccc(OC)cc1)O[Si](C)(C)C(C)(C)C. The third kappa shape index (κ3) is 10.9. The first-order valence-corrected chi connectivity index (χ1v) is 19.4. The summed E-state index contributed by atoms with van der Waals surface area (Å²) in [4.78, 5) is 0. The Hall–Kier alpha value is -1.15. The summed E-state index contributed by atoms with van der Waals surface area (Å²) in [6.45, 7) is 23.6. The fraction of sp³-hybridized carbons (Fsp3) is 0.733. The van der Waals surface area contributed by atoms with Gasteiger partial charge in [-0.2, -0.15) is 0 Å². The third-order valence-electron chi connectivity index (χ3n) is 8.24. The van der Waals surface area contributed by atoms with E-state index >= 15 is 0 Å². The molecule has 0 fully saturated rings. The van der Waals surface area contributed by atoms with Crippen LogP contribution in [0.5, 0.6) is 5.75 Å². The van der Waals surface area contributed by atoms with E-state index < -0.39 is 16.6 Å². The zero-order valence-corrected chi connectivity index (χ0v) is 27.4.